The van der Waals surface area contributed by atoms with Crippen molar-refractivity contribution >= 4 is 21.6 Å². The standard InChI is InChI=1S/C19H16F2N4O4S/c1-11-17(24-30(28,29)18-4-3-15(20)9-16(18)21)7-14(10-22-11)13-5-6-25(27)19(8-13)23-12(2)26/h3-10,24,27H,1-2H3. The van der Waals surface area contributed by atoms with Gasteiger partial charge in [0.25, 0.3) is 10.0 Å². The number of amides is 1. The summed E-state index contributed by atoms with van der Waals surface area (Å²) in [5.74, 6) is -2.65. The summed E-state index contributed by atoms with van der Waals surface area (Å²) in [4.78, 5) is 18.3. The van der Waals surface area contributed by atoms with Crippen LogP contribution in [0.1, 0.15) is 12.6 Å². The van der Waals surface area contributed by atoms with Crippen molar-refractivity contribution in [2.45, 2.75) is 18.7 Å². The predicted octanol–water partition coefficient (Wildman–Crippen LogP) is 2.62. The third-order valence-corrected chi connectivity index (χ3v) is 5.43. The van der Waals surface area contributed by atoms with Gasteiger partial charge in [-0.2, -0.15) is 9.72 Å². The molecule has 0 saturated carbocycles. The maximum absolute atomic E-state index is 13.9. The van der Waals surface area contributed by atoms with Crippen LogP contribution in [-0.2, 0) is 14.8 Å². The van der Waals surface area contributed by atoms with Crippen LogP contribution < -0.4 is 10.2 Å². The van der Waals surface area contributed by atoms with Crippen LogP contribution in [0.25, 0.3) is 11.1 Å². The van der Waals surface area contributed by atoms with Gasteiger partial charge < -0.3 is 5.21 Å². The minimum atomic E-state index is -4.35. The van der Waals surface area contributed by atoms with Gasteiger partial charge in [-0.15, -0.1) is 0 Å². The van der Waals surface area contributed by atoms with Gasteiger partial charge in [-0.3, -0.25) is 14.5 Å². The van der Waals surface area contributed by atoms with E-state index in [4.69, 9.17) is 0 Å². The van der Waals surface area contributed by atoms with Crippen molar-refractivity contribution in [1.82, 2.24) is 9.71 Å². The first-order valence-electron chi connectivity index (χ1n) is 8.49. The second kappa shape index (κ2) is 8.03. The first-order chi connectivity index (χ1) is 14.1. The van der Waals surface area contributed by atoms with Crippen molar-refractivity contribution in [3.05, 3.63) is 71.6 Å². The molecular weight excluding hydrogens is 418 g/mol. The van der Waals surface area contributed by atoms with E-state index in [1.54, 1.807) is 6.92 Å². The number of rotatable bonds is 4. The average molecular weight is 434 g/mol. The summed E-state index contributed by atoms with van der Waals surface area (Å²) in [5, 5.41) is 9.76. The first-order valence-corrected chi connectivity index (χ1v) is 9.97. The number of benzene rings is 1. The molecule has 2 aromatic heterocycles. The summed E-state index contributed by atoms with van der Waals surface area (Å²) >= 11 is 0. The predicted molar refractivity (Wildman–Crippen MR) is 103 cm³/mol. The first kappa shape index (κ1) is 21.1. The Morgan fingerprint density at radius 1 is 1.17 bits per heavy atom. The van der Waals surface area contributed by atoms with E-state index in [0.29, 0.717) is 27.6 Å². The van der Waals surface area contributed by atoms with E-state index < -0.39 is 32.5 Å². The number of hydrogen-bond donors (Lipinski definition) is 2. The Balaban J connectivity index is 2.03. The maximum Gasteiger partial charge on any atom is 0.264 e. The lowest BCUT2D eigenvalue weighted by atomic mass is 10.1. The van der Waals surface area contributed by atoms with Crippen LogP contribution in [0.5, 0.6) is 0 Å². The van der Waals surface area contributed by atoms with Crippen molar-refractivity contribution in [2.24, 2.45) is 4.99 Å². The monoisotopic (exact) mass is 434 g/mol. The van der Waals surface area contributed by atoms with E-state index in [9.17, 15) is 27.2 Å². The summed E-state index contributed by atoms with van der Waals surface area (Å²) < 4.78 is 55.1. The molecule has 0 fully saturated rings. The summed E-state index contributed by atoms with van der Waals surface area (Å²) in [6.07, 6.45) is 2.72. The molecule has 0 atom stereocenters. The highest BCUT2D eigenvalue weighted by Gasteiger charge is 2.21. The Hall–Kier alpha value is -3.60. The Morgan fingerprint density at radius 3 is 2.57 bits per heavy atom. The van der Waals surface area contributed by atoms with Crippen LogP contribution in [0.4, 0.5) is 14.5 Å². The Labute approximate surface area is 170 Å². The summed E-state index contributed by atoms with van der Waals surface area (Å²) in [6.45, 7) is 2.77. The molecule has 0 aliphatic carbocycles. The fourth-order valence-electron chi connectivity index (χ4n) is 2.59. The zero-order valence-electron chi connectivity index (χ0n) is 15.8. The van der Waals surface area contributed by atoms with E-state index >= 15 is 0 Å². The van der Waals surface area contributed by atoms with Crippen LogP contribution in [-0.4, -0.2) is 29.2 Å². The van der Waals surface area contributed by atoms with Crippen LogP contribution in [0.2, 0.25) is 0 Å². The number of anilines is 1. The second-order valence-corrected chi connectivity index (χ2v) is 7.94. The molecule has 0 saturated heterocycles. The SMILES string of the molecule is CC(=O)N=c1cc(-c2cnc(C)c(NS(=O)(=O)c3ccc(F)cc3F)c2)ccn1O. The number of nitrogens with one attached hydrogen (secondary N) is 1. The highest BCUT2D eigenvalue weighted by atomic mass is 32.2. The molecule has 156 valence electrons. The summed E-state index contributed by atoms with van der Waals surface area (Å²) in [5.41, 5.74) is 1.28. The summed E-state index contributed by atoms with van der Waals surface area (Å²) in [6, 6.07) is 6.51. The number of aromatic nitrogens is 2. The lowest BCUT2D eigenvalue weighted by Gasteiger charge is -2.12. The fourth-order valence-corrected chi connectivity index (χ4v) is 3.76. The number of carbonyl (C=O) groups excluding carboxylic acids is 1. The number of sulfonamides is 1. The molecule has 3 aromatic rings. The van der Waals surface area contributed by atoms with Gasteiger partial charge in [0, 0.05) is 30.9 Å². The molecule has 3 rings (SSSR count). The second-order valence-electron chi connectivity index (χ2n) is 6.29. The number of pyridine rings is 2. The van der Waals surface area contributed by atoms with Crippen molar-refractivity contribution in [2.75, 3.05) is 4.72 Å². The smallest absolute Gasteiger partial charge is 0.264 e. The Morgan fingerprint density at radius 2 is 1.90 bits per heavy atom. The van der Waals surface area contributed by atoms with E-state index in [-0.39, 0.29) is 11.2 Å². The highest BCUT2D eigenvalue weighted by Crippen LogP contribution is 2.26. The largest absolute Gasteiger partial charge is 0.427 e. The maximum atomic E-state index is 13.9. The average Bonchev–Trinajstić information content (AvgIpc) is 2.64. The molecule has 0 bridgehead atoms. The van der Waals surface area contributed by atoms with Crippen LogP contribution >= 0.6 is 0 Å². The zero-order valence-corrected chi connectivity index (χ0v) is 16.6. The Kier molecular flexibility index (Phi) is 5.65. The van der Waals surface area contributed by atoms with Gasteiger partial charge in [-0.05, 0) is 42.8 Å². The fraction of sp³-hybridized carbons (Fsp3) is 0.105. The highest BCUT2D eigenvalue weighted by molar-refractivity contribution is 7.92. The van der Waals surface area contributed by atoms with E-state index in [1.807, 2.05) is 0 Å². The topological polar surface area (TPSA) is 114 Å². The van der Waals surface area contributed by atoms with Crippen molar-refractivity contribution < 1.29 is 27.2 Å². The zero-order chi connectivity index (χ0) is 22.1. The van der Waals surface area contributed by atoms with E-state index in [0.717, 1.165) is 12.1 Å². The van der Waals surface area contributed by atoms with Gasteiger partial charge >= 0.3 is 0 Å². The number of nitrogens with zero attached hydrogens (tertiary/aromatic N) is 3. The number of halogens is 2. The summed E-state index contributed by atoms with van der Waals surface area (Å²) in [7, 11) is -4.35. The van der Waals surface area contributed by atoms with E-state index in [2.05, 4.69) is 14.7 Å². The molecule has 0 radical (unpaired) electrons. The quantitative estimate of drug-likeness (QED) is 0.613. The lowest BCUT2D eigenvalue weighted by Crippen LogP contribution is -2.19. The molecule has 1 aromatic carbocycles. The molecule has 0 unspecified atom stereocenters. The Bertz CT molecular complexity index is 1320. The number of aryl methyl sites for hydroxylation is 1. The minimum Gasteiger partial charge on any atom is -0.427 e. The van der Waals surface area contributed by atoms with Crippen LogP contribution in [0.3, 0.4) is 0 Å². The van der Waals surface area contributed by atoms with Crippen LogP contribution in [0, 0.1) is 18.6 Å². The van der Waals surface area contributed by atoms with Crippen LogP contribution in [0.15, 0.2) is 58.7 Å². The molecule has 2 N–H and O–H groups in total. The van der Waals surface area contributed by atoms with Crippen molar-refractivity contribution in [3.63, 3.8) is 0 Å². The molecule has 1 amide bonds. The molecule has 11 heteroatoms. The molecular formula is C19H16F2N4O4S. The minimum absolute atomic E-state index is 0.0314. The third-order valence-electron chi connectivity index (χ3n) is 4.03. The van der Waals surface area contributed by atoms with Gasteiger partial charge in [-0.25, -0.2) is 17.2 Å². The van der Waals surface area contributed by atoms with Gasteiger partial charge in [0.1, 0.15) is 16.5 Å². The van der Waals surface area contributed by atoms with Gasteiger partial charge in [0.2, 0.25) is 5.91 Å². The van der Waals surface area contributed by atoms with Crippen molar-refractivity contribution in [1.29, 1.82) is 0 Å². The number of carbonyl (C=O) groups is 1. The van der Waals surface area contributed by atoms with E-state index in [1.165, 1.54) is 37.5 Å². The normalized spacial score (nSPS) is 12.1. The molecule has 0 spiro atoms. The molecule has 8 nitrogen and oxygen atoms in total. The molecule has 0 aliphatic rings. The van der Waals surface area contributed by atoms with Crippen molar-refractivity contribution in [3.8, 4) is 11.1 Å². The number of hydrogen-bond acceptors (Lipinski definition) is 5. The lowest BCUT2D eigenvalue weighted by molar-refractivity contribution is -0.116. The third kappa shape index (κ3) is 4.51. The van der Waals surface area contributed by atoms with Gasteiger partial charge in [-0.1, -0.05) is 0 Å². The van der Waals surface area contributed by atoms with Gasteiger partial charge in [0.05, 0.1) is 11.4 Å². The molecule has 0 aliphatic heterocycles. The molecule has 2 heterocycles. The van der Waals surface area contributed by atoms with Gasteiger partial charge in [0.15, 0.2) is 5.49 Å². The molecule has 30 heavy (non-hydrogen) atoms.